The average molecular weight is 281 g/mol. The molecule has 2 atom stereocenters. The zero-order chi connectivity index (χ0) is 14.8. The van der Waals surface area contributed by atoms with E-state index in [0.29, 0.717) is 6.04 Å². The van der Waals surface area contributed by atoms with Crippen LogP contribution in [0.5, 0.6) is 5.75 Å². The Morgan fingerprint density at radius 3 is 2.67 bits per heavy atom. The van der Waals surface area contributed by atoms with Crippen molar-refractivity contribution in [1.82, 2.24) is 5.32 Å². The first-order valence-corrected chi connectivity index (χ1v) is 7.74. The molecule has 0 aromatic heterocycles. The van der Waals surface area contributed by atoms with Crippen LogP contribution in [0.2, 0.25) is 0 Å². The van der Waals surface area contributed by atoms with Crippen LogP contribution in [0, 0.1) is 13.8 Å². The van der Waals surface area contributed by atoms with Crippen LogP contribution in [0.1, 0.15) is 47.7 Å². The van der Waals surface area contributed by atoms with Crippen molar-refractivity contribution in [2.45, 2.75) is 39.3 Å². The molecule has 110 valence electrons. The van der Waals surface area contributed by atoms with Gasteiger partial charge in [-0.3, -0.25) is 0 Å². The van der Waals surface area contributed by atoms with E-state index in [9.17, 15) is 0 Å². The Bertz CT molecular complexity index is 635. The number of hydrogen-bond acceptors (Lipinski definition) is 2. The summed E-state index contributed by atoms with van der Waals surface area (Å²) in [6.45, 7) is 7.40. The van der Waals surface area contributed by atoms with Crippen molar-refractivity contribution in [3.8, 4) is 5.75 Å². The molecule has 21 heavy (non-hydrogen) atoms. The third-order valence-corrected chi connectivity index (χ3v) is 4.12. The number of hydrogen-bond donors (Lipinski definition) is 1. The lowest BCUT2D eigenvalue weighted by Gasteiger charge is -2.33. The summed E-state index contributed by atoms with van der Waals surface area (Å²) in [4.78, 5) is 0. The summed E-state index contributed by atoms with van der Waals surface area (Å²) in [5.74, 6) is 1.02. The monoisotopic (exact) mass is 281 g/mol. The van der Waals surface area contributed by atoms with Gasteiger partial charge in [-0.1, -0.05) is 54.4 Å². The number of nitrogens with one attached hydrogen (secondary N) is 1. The van der Waals surface area contributed by atoms with Gasteiger partial charge in [-0.15, -0.1) is 0 Å². The second-order valence-electron chi connectivity index (χ2n) is 5.91. The molecule has 0 saturated carbocycles. The van der Waals surface area contributed by atoms with Gasteiger partial charge in [-0.25, -0.2) is 0 Å². The zero-order valence-electron chi connectivity index (χ0n) is 13.0. The van der Waals surface area contributed by atoms with Gasteiger partial charge in [0, 0.05) is 18.0 Å². The minimum absolute atomic E-state index is 0.129. The van der Waals surface area contributed by atoms with Crippen LogP contribution in [0.15, 0.2) is 42.5 Å². The van der Waals surface area contributed by atoms with E-state index in [1.54, 1.807) is 0 Å². The van der Waals surface area contributed by atoms with E-state index >= 15 is 0 Å². The number of ether oxygens (including phenoxy) is 1. The van der Waals surface area contributed by atoms with Crippen molar-refractivity contribution in [1.29, 1.82) is 0 Å². The molecule has 3 rings (SSSR count). The third-order valence-electron chi connectivity index (χ3n) is 4.12. The predicted molar refractivity (Wildman–Crippen MR) is 86.8 cm³/mol. The van der Waals surface area contributed by atoms with Crippen molar-refractivity contribution < 1.29 is 4.74 Å². The zero-order valence-corrected chi connectivity index (χ0v) is 13.0. The van der Waals surface area contributed by atoms with Gasteiger partial charge in [0.2, 0.25) is 0 Å². The number of rotatable bonds is 3. The van der Waals surface area contributed by atoms with Gasteiger partial charge in [0.1, 0.15) is 11.9 Å². The molecule has 0 aliphatic carbocycles. The van der Waals surface area contributed by atoms with Gasteiger partial charge in [0.25, 0.3) is 0 Å². The largest absolute Gasteiger partial charge is 0.485 e. The highest BCUT2D eigenvalue weighted by Crippen LogP contribution is 2.41. The van der Waals surface area contributed by atoms with E-state index in [4.69, 9.17) is 4.74 Å². The Kier molecular flexibility index (Phi) is 3.98. The molecule has 0 fully saturated rings. The van der Waals surface area contributed by atoms with Crippen molar-refractivity contribution in [2.75, 3.05) is 6.54 Å². The summed E-state index contributed by atoms with van der Waals surface area (Å²) >= 11 is 0. The standard InChI is InChI=1S/C19H23NO/c1-4-20-17-12-19(15-7-5-6-13(2)10-15)21-18-9-8-14(3)11-16(17)18/h5-11,17,19-20H,4,12H2,1-3H3. The van der Waals surface area contributed by atoms with E-state index in [0.717, 1.165) is 18.7 Å². The first-order valence-electron chi connectivity index (χ1n) is 7.74. The Labute approximate surface area is 127 Å². The highest BCUT2D eigenvalue weighted by atomic mass is 16.5. The van der Waals surface area contributed by atoms with Gasteiger partial charge in [-0.2, -0.15) is 0 Å². The number of fused-ring (bicyclic) bond motifs is 1. The molecule has 1 N–H and O–H groups in total. The summed E-state index contributed by atoms with van der Waals surface area (Å²) in [7, 11) is 0. The fraction of sp³-hybridized carbons (Fsp3) is 0.368. The van der Waals surface area contributed by atoms with Crippen LogP contribution >= 0.6 is 0 Å². The number of aryl methyl sites for hydroxylation is 2. The van der Waals surface area contributed by atoms with E-state index in [2.05, 4.69) is 68.6 Å². The molecule has 0 radical (unpaired) electrons. The van der Waals surface area contributed by atoms with Gasteiger partial charge >= 0.3 is 0 Å². The predicted octanol–water partition coefficient (Wildman–Crippen LogP) is 4.48. The van der Waals surface area contributed by atoms with E-state index in [1.165, 1.54) is 22.3 Å². The quantitative estimate of drug-likeness (QED) is 0.895. The molecule has 0 saturated heterocycles. The maximum atomic E-state index is 6.26. The Balaban J connectivity index is 1.95. The normalized spacial score (nSPS) is 20.7. The number of benzene rings is 2. The highest BCUT2D eigenvalue weighted by molar-refractivity contribution is 5.42. The average Bonchev–Trinajstić information content (AvgIpc) is 2.48. The summed E-state index contributed by atoms with van der Waals surface area (Å²) in [6.07, 6.45) is 1.11. The maximum absolute atomic E-state index is 6.26. The molecule has 1 aliphatic rings. The molecule has 2 aromatic carbocycles. The van der Waals surface area contributed by atoms with E-state index < -0.39 is 0 Å². The summed E-state index contributed by atoms with van der Waals surface area (Å²) in [5, 5.41) is 3.60. The van der Waals surface area contributed by atoms with Crippen LogP contribution < -0.4 is 10.1 Å². The Morgan fingerprint density at radius 2 is 1.90 bits per heavy atom. The summed E-state index contributed by atoms with van der Waals surface area (Å²) in [5.41, 5.74) is 5.13. The summed E-state index contributed by atoms with van der Waals surface area (Å²) < 4.78 is 6.26. The first-order chi connectivity index (χ1) is 10.2. The van der Waals surface area contributed by atoms with Gasteiger partial charge in [-0.05, 0) is 32.0 Å². The van der Waals surface area contributed by atoms with Crippen molar-refractivity contribution in [3.05, 3.63) is 64.7 Å². The Morgan fingerprint density at radius 1 is 1.10 bits per heavy atom. The van der Waals surface area contributed by atoms with Gasteiger partial charge in [0.05, 0.1) is 0 Å². The highest BCUT2D eigenvalue weighted by Gasteiger charge is 2.28. The summed E-state index contributed by atoms with van der Waals surface area (Å²) in [6, 6.07) is 15.5. The van der Waals surface area contributed by atoms with Gasteiger partial charge in [0.15, 0.2) is 0 Å². The van der Waals surface area contributed by atoms with Crippen LogP contribution in [0.25, 0.3) is 0 Å². The minimum atomic E-state index is 0.129. The SMILES string of the molecule is CCNC1CC(c2cccc(C)c2)Oc2ccc(C)cc21. The molecular formula is C19H23NO. The molecule has 2 heteroatoms. The van der Waals surface area contributed by atoms with Crippen LogP contribution in [-0.4, -0.2) is 6.54 Å². The molecule has 2 unspecified atom stereocenters. The molecule has 1 heterocycles. The van der Waals surface area contributed by atoms with Gasteiger partial charge < -0.3 is 10.1 Å². The Hall–Kier alpha value is -1.80. The lowest BCUT2D eigenvalue weighted by Crippen LogP contribution is -2.29. The molecule has 0 bridgehead atoms. The third kappa shape index (κ3) is 2.96. The second kappa shape index (κ2) is 5.90. The molecule has 0 spiro atoms. The van der Waals surface area contributed by atoms with Crippen molar-refractivity contribution in [2.24, 2.45) is 0 Å². The van der Waals surface area contributed by atoms with Crippen molar-refractivity contribution >= 4 is 0 Å². The van der Waals surface area contributed by atoms with Crippen LogP contribution in [0.3, 0.4) is 0 Å². The maximum Gasteiger partial charge on any atom is 0.126 e. The molecule has 2 aromatic rings. The van der Waals surface area contributed by atoms with E-state index in [1.807, 2.05) is 0 Å². The molecule has 1 aliphatic heterocycles. The van der Waals surface area contributed by atoms with Crippen molar-refractivity contribution in [3.63, 3.8) is 0 Å². The smallest absolute Gasteiger partial charge is 0.126 e. The van der Waals surface area contributed by atoms with E-state index in [-0.39, 0.29) is 6.10 Å². The molecule has 0 amide bonds. The first kappa shape index (κ1) is 14.2. The topological polar surface area (TPSA) is 21.3 Å². The fourth-order valence-corrected chi connectivity index (χ4v) is 3.10. The fourth-order valence-electron chi connectivity index (χ4n) is 3.10. The lowest BCUT2D eigenvalue weighted by molar-refractivity contribution is 0.152. The molecule has 2 nitrogen and oxygen atoms in total. The minimum Gasteiger partial charge on any atom is -0.485 e. The second-order valence-corrected chi connectivity index (χ2v) is 5.91. The van der Waals surface area contributed by atoms with Crippen LogP contribution in [-0.2, 0) is 0 Å². The van der Waals surface area contributed by atoms with Crippen LogP contribution in [0.4, 0.5) is 0 Å². The molecular weight excluding hydrogens is 258 g/mol. The lowest BCUT2D eigenvalue weighted by atomic mass is 9.91.